The summed E-state index contributed by atoms with van der Waals surface area (Å²) in [5, 5.41) is 24.7. The van der Waals surface area contributed by atoms with Gasteiger partial charge in [0.05, 0.1) is 22.1 Å². The number of methoxy groups -OCH3 is 1. The molecule has 0 fully saturated rings. The number of hydrogen-bond donors (Lipinski definition) is 4. The fourth-order valence-electron chi connectivity index (χ4n) is 4.54. The molecule has 3 aromatic carbocycles. The second kappa shape index (κ2) is 13.9. The second-order valence-corrected chi connectivity index (χ2v) is 10.3. The Balaban J connectivity index is 1.37. The molecule has 2 heterocycles. The molecular weight excluding hydrogens is 584 g/mol. The Bertz CT molecular complexity index is 1810. The minimum Gasteiger partial charge on any atom is -0.506 e. The van der Waals surface area contributed by atoms with Crippen molar-refractivity contribution in [2.45, 2.75) is 26.2 Å². The van der Waals surface area contributed by atoms with Crippen LogP contribution in [0.3, 0.4) is 0 Å². The number of carbonyl (C=O) groups is 2. The van der Waals surface area contributed by atoms with Crippen LogP contribution in [0.15, 0.2) is 79.0 Å². The molecule has 0 unspecified atom stereocenters. The average molecular weight is 615 g/mol. The summed E-state index contributed by atoms with van der Waals surface area (Å²) < 4.78 is 12.6. The van der Waals surface area contributed by atoms with E-state index in [0.717, 1.165) is 35.7 Å². The van der Waals surface area contributed by atoms with Gasteiger partial charge in [0, 0.05) is 36.2 Å². The number of aryl methyl sites for hydroxylation is 1. The van der Waals surface area contributed by atoms with E-state index in [-0.39, 0.29) is 23.3 Å². The highest BCUT2D eigenvalue weighted by atomic mass is 35.5. The number of fused-ring (bicyclic) bond motifs is 1. The number of aromatic nitrogens is 3. The van der Waals surface area contributed by atoms with E-state index >= 15 is 0 Å². The van der Waals surface area contributed by atoms with Crippen LogP contribution in [-0.2, 0) is 16.0 Å². The molecule has 2 aromatic heterocycles. The summed E-state index contributed by atoms with van der Waals surface area (Å²) in [6, 6.07) is 20.4. The van der Waals surface area contributed by atoms with Gasteiger partial charge in [-0.15, -0.1) is 0 Å². The molecule has 12 heteroatoms. The van der Waals surface area contributed by atoms with Crippen LogP contribution < -0.4 is 20.7 Å². The van der Waals surface area contributed by atoms with Gasteiger partial charge in [0.25, 0.3) is 5.91 Å². The van der Waals surface area contributed by atoms with E-state index in [1.54, 1.807) is 41.1 Å². The van der Waals surface area contributed by atoms with E-state index in [1.165, 1.54) is 19.4 Å². The van der Waals surface area contributed by atoms with E-state index in [4.69, 9.17) is 21.1 Å². The number of nitrogens with zero attached hydrogens (tertiary/aromatic N) is 3. The van der Waals surface area contributed by atoms with Gasteiger partial charge in [0.15, 0.2) is 0 Å². The van der Waals surface area contributed by atoms with Gasteiger partial charge in [-0.05, 0) is 49.2 Å². The summed E-state index contributed by atoms with van der Waals surface area (Å²) >= 11 is 6.15. The molecule has 5 rings (SSSR count). The minimum atomic E-state index is -0.470. The molecule has 0 radical (unpaired) electrons. The van der Waals surface area contributed by atoms with Gasteiger partial charge in [0.1, 0.15) is 35.5 Å². The first kappa shape index (κ1) is 30.3. The van der Waals surface area contributed by atoms with Gasteiger partial charge in [-0.2, -0.15) is 5.10 Å². The number of amides is 3. The number of ether oxygens (including phenoxy) is 2. The molecule has 4 N–H and O–H groups in total. The smallest absolute Gasteiger partial charge is 0.324 e. The standard InChI is InChI=1S/C32H31ClN6O5/c1-3-4-7-20-16-30(39(38-20)21-10-12-27(40)25(33)17-21)37-32(42)35-26-11-13-28(24-9-6-5-8-23(24)26)44-22-14-15-34-29(18-22)36-31(41)19-43-2/h5-6,8-18,40H,3-4,7,19H2,1-2H3,(H,34,36,41)(H2,35,37,42). The second-order valence-electron chi connectivity index (χ2n) is 9.87. The highest BCUT2D eigenvalue weighted by molar-refractivity contribution is 6.32. The Morgan fingerprint density at radius 3 is 2.57 bits per heavy atom. The lowest BCUT2D eigenvalue weighted by Crippen LogP contribution is -2.21. The van der Waals surface area contributed by atoms with Crippen molar-refractivity contribution in [3.8, 4) is 22.9 Å². The maximum Gasteiger partial charge on any atom is 0.324 e. The fraction of sp³-hybridized carbons (Fsp3) is 0.188. The van der Waals surface area contributed by atoms with E-state index < -0.39 is 6.03 Å². The molecule has 0 saturated heterocycles. The molecule has 0 atom stereocenters. The molecule has 44 heavy (non-hydrogen) atoms. The molecular formula is C32H31ClN6O5. The van der Waals surface area contributed by atoms with Gasteiger partial charge < -0.3 is 25.2 Å². The van der Waals surface area contributed by atoms with Crippen molar-refractivity contribution >= 4 is 51.6 Å². The van der Waals surface area contributed by atoms with Crippen LogP contribution in [0.2, 0.25) is 5.02 Å². The van der Waals surface area contributed by atoms with Crippen molar-refractivity contribution in [1.29, 1.82) is 0 Å². The summed E-state index contributed by atoms with van der Waals surface area (Å²) in [5.41, 5.74) is 1.98. The van der Waals surface area contributed by atoms with Crippen molar-refractivity contribution in [2.75, 3.05) is 29.7 Å². The molecule has 0 aliphatic carbocycles. The van der Waals surface area contributed by atoms with Gasteiger partial charge in [0.2, 0.25) is 0 Å². The monoisotopic (exact) mass is 614 g/mol. The van der Waals surface area contributed by atoms with E-state index in [1.807, 2.05) is 30.3 Å². The maximum absolute atomic E-state index is 13.3. The first-order valence-electron chi connectivity index (χ1n) is 13.9. The summed E-state index contributed by atoms with van der Waals surface area (Å²) in [6.07, 6.45) is 4.23. The number of nitrogens with one attached hydrogen (secondary N) is 3. The van der Waals surface area contributed by atoms with Crippen molar-refractivity contribution in [3.05, 3.63) is 89.7 Å². The number of unbranched alkanes of at least 4 members (excludes halogenated alkanes) is 1. The first-order chi connectivity index (χ1) is 21.3. The number of benzene rings is 3. The SMILES string of the molecule is CCCCc1cc(NC(=O)Nc2ccc(Oc3ccnc(NC(=O)COC)c3)c3ccccc23)n(-c2ccc(O)c(Cl)c2)n1. The third-order valence-corrected chi connectivity index (χ3v) is 6.90. The predicted molar refractivity (Wildman–Crippen MR) is 170 cm³/mol. The van der Waals surface area contributed by atoms with Gasteiger partial charge >= 0.3 is 6.03 Å². The van der Waals surface area contributed by atoms with Crippen molar-refractivity contribution < 1.29 is 24.2 Å². The number of rotatable bonds is 11. The predicted octanol–water partition coefficient (Wildman–Crippen LogP) is 7.14. The molecule has 0 aliphatic heterocycles. The molecule has 3 amide bonds. The van der Waals surface area contributed by atoms with Crippen LogP contribution in [0.25, 0.3) is 16.5 Å². The molecule has 5 aromatic rings. The third kappa shape index (κ3) is 7.25. The summed E-state index contributed by atoms with van der Waals surface area (Å²) in [6.45, 7) is 2.01. The van der Waals surface area contributed by atoms with Crippen molar-refractivity contribution in [2.24, 2.45) is 0 Å². The van der Waals surface area contributed by atoms with Crippen LogP contribution in [0.4, 0.5) is 22.1 Å². The summed E-state index contributed by atoms with van der Waals surface area (Å²) in [4.78, 5) is 29.3. The van der Waals surface area contributed by atoms with E-state index in [2.05, 4.69) is 33.0 Å². The number of anilines is 3. The molecule has 0 aliphatic rings. The largest absolute Gasteiger partial charge is 0.506 e. The lowest BCUT2D eigenvalue weighted by Gasteiger charge is -2.15. The number of pyridine rings is 1. The molecule has 226 valence electrons. The minimum absolute atomic E-state index is 0.0430. The number of halogens is 1. The van der Waals surface area contributed by atoms with Crippen LogP contribution in [-0.4, -0.2) is 45.5 Å². The van der Waals surface area contributed by atoms with Crippen LogP contribution in [0.1, 0.15) is 25.5 Å². The normalized spacial score (nSPS) is 10.9. The summed E-state index contributed by atoms with van der Waals surface area (Å²) in [7, 11) is 1.44. The zero-order chi connectivity index (χ0) is 31.1. The number of phenolic OH excluding ortho intramolecular Hbond substituents is 1. The highest BCUT2D eigenvalue weighted by Crippen LogP contribution is 2.35. The third-order valence-electron chi connectivity index (χ3n) is 6.60. The molecule has 11 nitrogen and oxygen atoms in total. The zero-order valence-electron chi connectivity index (χ0n) is 24.1. The lowest BCUT2D eigenvalue weighted by molar-refractivity contribution is -0.119. The van der Waals surface area contributed by atoms with Crippen molar-refractivity contribution in [3.63, 3.8) is 0 Å². The number of hydrogen-bond acceptors (Lipinski definition) is 7. The van der Waals surface area contributed by atoms with E-state index in [9.17, 15) is 14.7 Å². The average Bonchev–Trinajstić information content (AvgIpc) is 3.41. The Morgan fingerprint density at radius 2 is 1.80 bits per heavy atom. The lowest BCUT2D eigenvalue weighted by atomic mass is 10.1. The topological polar surface area (TPSA) is 140 Å². The number of aromatic hydroxyl groups is 1. The Morgan fingerprint density at radius 1 is 0.977 bits per heavy atom. The molecule has 0 saturated carbocycles. The van der Waals surface area contributed by atoms with Crippen LogP contribution in [0, 0.1) is 0 Å². The van der Waals surface area contributed by atoms with Crippen LogP contribution in [0.5, 0.6) is 17.2 Å². The van der Waals surface area contributed by atoms with E-state index in [0.29, 0.717) is 34.5 Å². The maximum atomic E-state index is 13.3. The molecule has 0 spiro atoms. The number of phenols is 1. The van der Waals surface area contributed by atoms with Gasteiger partial charge in [-0.3, -0.25) is 10.1 Å². The molecule has 0 bridgehead atoms. The number of carbonyl (C=O) groups excluding carboxylic acids is 2. The first-order valence-corrected chi connectivity index (χ1v) is 14.3. The van der Waals surface area contributed by atoms with Crippen molar-refractivity contribution in [1.82, 2.24) is 14.8 Å². The highest BCUT2D eigenvalue weighted by Gasteiger charge is 2.16. The quantitative estimate of drug-likeness (QED) is 0.124. The zero-order valence-corrected chi connectivity index (χ0v) is 24.9. The Hall–Kier alpha value is -5.13. The van der Waals surface area contributed by atoms with Gasteiger partial charge in [-0.1, -0.05) is 49.2 Å². The van der Waals surface area contributed by atoms with Gasteiger partial charge in [-0.25, -0.2) is 14.5 Å². The Labute approximate surface area is 258 Å². The van der Waals surface area contributed by atoms with Crippen LogP contribution >= 0.6 is 11.6 Å². The summed E-state index contributed by atoms with van der Waals surface area (Å²) in [5.74, 6) is 1.43. The number of urea groups is 1. The fourth-order valence-corrected chi connectivity index (χ4v) is 4.72. The Kier molecular flexibility index (Phi) is 9.58.